The Morgan fingerprint density at radius 2 is 1.71 bits per heavy atom. The van der Waals surface area contributed by atoms with Gasteiger partial charge in [-0.2, -0.15) is 13.2 Å². The molecule has 0 aliphatic heterocycles. The van der Waals surface area contributed by atoms with E-state index < -0.39 is 34.6 Å². The molecule has 0 spiro atoms. The average Bonchev–Trinajstić information content (AvgIpc) is 2.34. The maximum absolute atomic E-state index is 13.6. The molecule has 3 nitrogen and oxygen atoms in total. The highest BCUT2D eigenvalue weighted by atomic mass is 35.5. The molecule has 0 aliphatic carbocycles. The van der Waals surface area contributed by atoms with Crippen LogP contribution in [-0.4, -0.2) is 9.97 Å². The van der Waals surface area contributed by atoms with Crippen LogP contribution in [0.25, 0.3) is 0 Å². The highest BCUT2D eigenvalue weighted by molar-refractivity contribution is 6.28. The fourth-order valence-corrected chi connectivity index (χ4v) is 1.69. The number of nitrogens with zero attached hydrogens (tertiary/aromatic N) is 2. The molecule has 21 heavy (non-hydrogen) atoms. The summed E-state index contributed by atoms with van der Waals surface area (Å²) < 4.78 is 64.7. The molecular weight excluding hydrogens is 317 g/mol. The van der Waals surface area contributed by atoms with Gasteiger partial charge >= 0.3 is 6.18 Å². The molecular formula is C12H7ClF5N3. The van der Waals surface area contributed by atoms with Gasteiger partial charge in [0.1, 0.15) is 17.5 Å². The molecule has 0 amide bonds. The standard InChI is InChI=1S/C12H7ClF5N3/c1-5-2-7(15)8(3-6(5)14)19-10-4-9(12(16,17)18)20-11(13)21-10/h2-4H,1H3,(H,19,20,21). The van der Waals surface area contributed by atoms with Gasteiger partial charge in [0.05, 0.1) is 5.69 Å². The Morgan fingerprint density at radius 1 is 1.05 bits per heavy atom. The summed E-state index contributed by atoms with van der Waals surface area (Å²) in [5.41, 5.74) is -1.59. The van der Waals surface area contributed by atoms with Gasteiger partial charge in [-0.15, -0.1) is 0 Å². The van der Waals surface area contributed by atoms with Crippen molar-refractivity contribution in [1.82, 2.24) is 9.97 Å². The summed E-state index contributed by atoms with van der Waals surface area (Å²) in [7, 11) is 0. The van der Waals surface area contributed by atoms with Crippen molar-refractivity contribution < 1.29 is 22.0 Å². The van der Waals surface area contributed by atoms with E-state index in [9.17, 15) is 22.0 Å². The maximum atomic E-state index is 13.6. The summed E-state index contributed by atoms with van der Waals surface area (Å²) in [6, 6.07) is 2.27. The van der Waals surface area contributed by atoms with E-state index in [-0.39, 0.29) is 11.3 Å². The van der Waals surface area contributed by atoms with Crippen molar-refractivity contribution in [2.24, 2.45) is 0 Å². The van der Waals surface area contributed by atoms with Gasteiger partial charge in [0, 0.05) is 12.1 Å². The van der Waals surface area contributed by atoms with Crippen molar-refractivity contribution in [3.63, 3.8) is 0 Å². The summed E-state index contributed by atoms with van der Waals surface area (Å²) in [6.45, 7) is 1.35. The first kappa shape index (κ1) is 15.4. The number of benzene rings is 1. The van der Waals surface area contributed by atoms with Crippen LogP contribution in [0.5, 0.6) is 0 Å². The summed E-state index contributed by atoms with van der Waals surface area (Å²) >= 11 is 5.39. The van der Waals surface area contributed by atoms with Gasteiger partial charge in [-0.3, -0.25) is 0 Å². The molecule has 0 saturated carbocycles. The maximum Gasteiger partial charge on any atom is 0.433 e. The molecule has 1 N–H and O–H groups in total. The molecule has 2 aromatic rings. The fourth-order valence-electron chi connectivity index (χ4n) is 1.51. The Bertz CT molecular complexity index is 687. The molecule has 2 rings (SSSR count). The summed E-state index contributed by atoms with van der Waals surface area (Å²) in [6.07, 6.45) is -4.74. The molecule has 0 radical (unpaired) electrons. The van der Waals surface area contributed by atoms with E-state index in [1.165, 1.54) is 6.92 Å². The molecule has 1 aromatic heterocycles. The van der Waals surface area contributed by atoms with Crippen LogP contribution in [0, 0.1) is 18.6 Å². The second kappa shape index (κ2) is 5.44. The molecule has 1 heterocycles. The number of aryl methyl sites for hydroxylation is 1. The predicted octanol–water partition coefficient (Wildman–Crippen LogP) is 4.48. The smallest absolute Gasteiger partial charge is 0.338 e. The van der Waals surface area contributed by atoms with Gasteiger partial charge in [0.2, 0.25) is 5.28 Å². The quantitative estimate of drug-likeness (QED) is 0.654. The lowest BCUT2D eigenvalue weighted by atomic mass is 10.2. The Hall–Kier alpha value is -1.96. The van der Waals surface area contributed by atoms with Crippen molar-refractivity contribution in [3.8, 4) is 0 Å². The zero-order valence-electron chi connectivity index (χ0n) is 10.4. The Balaban J connectivity index is 2.40. The topological polar surface area (TPSA) is 37.8 Å². The Labute approximate surface area is 120 Å². The van der Waals surface area contributed by atoms with Crippen LogP contribution >= 0.6 is 11.6 Å². The third-order valence-corrected chi connectivity index (χ3v) is 2.67. The third kappa shape index (κ3) is 3.57. The first-order valence-electron chi connectivity index (χ1n) is 5.51. The average molecular weight is 324 g/mol. The number of hydrogen-bond acceptors (Lipinski definition) is 3. The van der Waals surface area contributed by atoms with Gasteiger partial charge in [-0.25, -0.2) is 18.7 Å². The van der Waals surface area contributed by atoms with Gasteiger partial charge < -0.3 is 5.32 Å². The van der Waals surface area contributed by atoms with Crippen LogP contribution in [0.1, 0.15) is 11.3 Å². The lowest BCUT2D eigenvalue weighted by molar-refractivity contribution is -0.141. The highest BCUT2D eigenvalue weighted by Gasteiger charge is 2.33. The summed E-state index contributed by atoms with van der Waals surface area (Å²) in [5.74, 6) is -1.95. The molecule has 1 aromatic carbocycles. The number of anilines is 2. The molecule has 9 heteroatoms. The number of halogens is 6. The van der Waals surface area contributed by atoms with E-state index in [0.717, 1.165) is 12.1 Å². The minimum Gasteiger partial charge on any atom is -0.338 e. The molecule has 0 aliphatic rings. The second-order valence-corrected chi connectivity index (χ2v) is 4.45. The lowest BCUT2D eigenvalue weighted by Crippen LogP contribution is -2.10. The monoisotopic (exact) mass is 323 g/mol. The van der Waals surface area contributed by atoms with E-state index in [1.807, 2.05) is 0 Å². The normalized spacial score (nSPS) is 11.6. The van der Waals surface area contributed by atoms with Crippen LogP contribution in [-0.2, 0) is 6.18 Å². The highest BCUT2D eigenvalue weighted by Crippen LogP contribution is 2.31. The third-order valence-electron chi connectivity index (χ3n) is 2.50. The minimum atomic E-state index is -4.74. The zero-order chi connectivity index (χ0) is 15.8. The number of alkyl halides is 3. The van der Waals surface area contributed by atoms with Crippen molar-refractivity contribution >= 4 is 23.1 Å². The first-order chi connectivity index (χ1) is 9.66. The van der Waals surface area contributed by atoms with Crippen molar-refractivity contribution in [2.45, 2.75) is 13.1 Å². The second-order valence-electron chi connectivity index (χ2n) is 4.11. The number of aromatic nitrogens is 2. The Kier molecular flexibility index (Phi) is 3.99. The molecule has 0 saturated heterocycles. The molecule has 0 unspecified atom stereocenters. The van der Waals surface area contributed by atoms with E-state index in [1.54, 1.807) is 0 Å². The molecule has 0 fully saturated rings. The first-order valence-corrected chi connectivity index (χ1v) is 5.89. The molecule has 0 atom stereocenters. The van der Waals surface area contributed by atoms with Gasteiger partial charge in [-0.1, -0.05) is 0 Å². The molecule has 0 bridgehead atoms. The van der Waals surface area contributed by atoms with Crippen molar-refractivity contribution in [2.75, 3.05) is 5.32 Å². The van der Waals surface area contributed by atoms with Crippen LogP contribution in [0.3, 0.4) is 0 Å². The van der Waals surface area contributed by atoms with Crippen molar-refractivity contribution in [3.05, 3.63) is 46.4 Å². The SMILES string of the molecule is Cc1cc(F)c(Nc2cc(C(F)(F)F)nc(Cl)n2)cc1F. The van der Waals surface area contributed by atoms with E-state index in [0.29, 0.717) is 6.07 Å². The van der Waals surface area contributed by atoms with Crippen molar-refractivity contribution in [1.29, 1.82) is 0 Å². The zero-order valence-corrected chi connectivity index (χ0v) is 11.2. The van der Waals surface area contributed by atoms with Gasteiger partial charge in [0.15, 0.2) is 5.69 Å². The fraction of sp³-hybridized carbons (Fsp3) is 0.167. The predicted molar refractivity (Wildman–Crippen MR) is 66.4 cm³/mol. The lowest BCUT2D eigenvalue weighted by Gasteiger charge is -2.11. The van der Waals surface area contributed by atoms with Gasteiger partial charge in [0.25, 0.3) is 0 Å². The van der Waals surface area contributed by atoms with Gasteiger partial charge in [-0.05, 0) is 30.2 Å². The van der Waals surface area contributed by atoms with Crippen LogP contribution in [0.4, 0.5) is 33.5 Å². The van der Waals surface area contributed by atoms with E-state index in [4.69, 9.17) is 11.6 Å². The minimum absolute atomic E-state index is 0.0646. The number of nitrogens with one attached hydrogen (secondary N) is 1. The van der Waals surface area contributed by atoms with E-state index >= 15 is 0 Å². The van der Waals surface area contributed by atoms with E-state index in [2.05, 4.69) is 15.3 Å². The summed E-state index contributed by atoms with van der Waals surface area (Å²) in [4.78, 5) is 6.51. The van der Waals surface area contributed by atoms with Crippen LogP contribution < -0.4 is 5.32 Å². The molecule has 112 valence electrons. The number of rotatable bonds is 2. The van der Waals surface area contributed by atoms with Crippen LogP contribution in [0.2, 0.25) is 5.28 Å². The summed E-state index contributed by atoms with van der Waals surface area (Å²) in [5, 5.41) is 1.58. The number of hydrogen-bond donors (Lipinski definition) is 1. The Morgan fingerprint density at radius 3 is 2.33 bits per heavy atom. The largest absolute Gasteiger partial charge is 0.433 e. The van der Waals surface area contributed by atoms with Crippen LogP contribution in [0.15, 0.2) is 18.2 Å².